The van der Waals surface area contributed by atoms with Gasteiger partial charge in [-0.25, -0.2) is 0 Å². The minimum atomic E-state index is -1.75. The summed E-state index contributed by atoms with van der Waals surface area (Å²) in [4.78, 5) is 0. The maximum Gasteiger partial charge on any atom is 0.187 e. The van der Waals surface area contributed by atoms with Gasteiger partial charge in [-0.05, 0) is 112 Å². The van der Waals surface area contributed by atoms with Crippen molar-refractivity contribution >= 4 is 0 Å². The lowest BCUT2D eigenvalue weighted by Gasteiger charge is -2.66. The zero-order chi connectivity index (χ0) is 56.6. The van der Waals surface area contributed by atoms with E-state index in [0.29, 0.717) is 31.1 Å². The highest BCUT2D eigenvalue weighted by Gasteiger charge is 2.68. The molecule has 4 heterocycles. The summed E-state index contributed by atoms with van der Waals surface area (Å²) in [6, 6.07) is 0. The average molecular weight is 1110 g/mol. The van der Waals surface area contributed by atoms with Gasteiger partial charge in [-0.1, -0.05) is 53.2 Å². The number of allylic oxidation sites excluding steroid dienone is 1. The summed E-state index contributed by atoms with van der Waals surface area (Å²) >= 11 is 0. The zero-order valence-corrected chi connectivity index (χ0v) is 45.8. The van der Waals surface area contributed by atoms with E-state index < -0.39 is 172 Å². The van der Waals surface area contributed by atoms with Gasteiger partial charge >= 0.3 is 0 Å². The first-order valence-electron chi connectivity index (χ1n) is 27.9. The van der Waals surface area contributed by atoms with E-state index in [0.717, 1.165) is 38.5 Å². The molecule has 4 saturated heterocycles. The summed E-state index contributed by atoms with van der Waals surface area (Å²) in [6.45, 7) is 14.8. The standard InChI is InChI=1S/C54H92O23/c1-23(9-13-33(51(4,5)69)77-49-45(68)41(64)37(60)30(75-49)22-71-47-43(66)39(62)35(58)28(20-56)73-47)24-15-16-54(8)31-12-10-25-26(52(31,6)17-18-53(24,54)7)11-14-32(50(25,2)3)76-48-44(67)40(63)36(59)29(74-48)21-70-46-42(65)38(61)34(57)27(19-55)72-46/h10,23-24,26-49,55-69H,9,11-22H2,1-8H3/t23-,24-,26-,27-,28-,29-,30-,31-,32+,33-,34-,35-,36-,37-,38+,39+,40+,41+,42-,43-,44-,45-,46-,47-,48+,49+,52+,53-,54+/m1/s1. The summed E-state index contributed by atoms with van der Waals surface area (Å²) in [6.07, 6.45) is -22.5. The van der Waals surface area contributed by atoms with E-state index in [1.165, 1.54) is 5.57 Å². The quantitative estimate of drug-likeness (QED) is 0.0687. The van der Waals surface area contributed by atoms with Crippen LogP contribution in [0.3, 0.4) is 0 Å². The van der Waals surface area contributed by atoms with Crippen LogP contribution in [0.1, 0.15) is 113 Å². The minimum absolute atomic E-state index is 0.0158. The van der Waals surface area contributed by atoms with Gasteiger partial charge in [0.25, 0.3) is 0 Å². The second kappa shape index (κ2) is 23.5. The first kappa shape index (κ1) is 61.9. The molecule has 23 nitrogen and oxygen atoms in total. The van der Waals surface area contributed by atoms with Crippen molar-refractivity contribution in [2.75, 3.05) is 26.4 Å². The van der Waals surface area contributed by atoms with Crippen LogP contribution in [0.15, 0.2) is 11.6 Å². The fourth-order valence-corrected chi connectivity index (χ4v) is 15.5. The van der Waals surface area contributed by atoms with Crippen LogP contribution in [0.4, 0.5) is 0 Å². The zero-order valence-electron chi connectivity index (χ0n) is 45.8. The Kier molecular flexibility index (Phi) is 18.9. The van der Waals surface area contributed by atoms with Crippen LogP contribution in [0, 0.1) is 45.3 Å². The fraction of sp³-hybridized carbons (Fsp3) is 0.963. The van der Waals surface area contributed by atoms with Gasteiger partial charge in [0.1, 0.15) is 97.7 Å². The van der Waals surface area contributed by atoms with Crippen LogP contribution >= 0.6 is 0 Å². The summed E-state index contributed by atoms with van der Waals surface area (Å²) in [5, 5.41) is 158. The first-order valence-corrected chi connectivity index (χ1v) is 27.9. The smallest absolute Gasteiger partial charge is 0.187 e. The molecule has 0 spiro atoms. The molecular formula is C54H92O23. The van der Waals surface area contributed by atoms with Crippen molar-refractivity contribution in [2.24, 2.45) is 45.3 Å². The summed E-state index contributed by atoms with van der Waals surface area (Å²) in [5.41, 5.74) is -0.739. The van der Waals surface area contributed by atoms with Crippen LogP contribution in [0.25, 0.3) is 0 Å². The Hall–Kier alpha value is -1.18. The van der Waals surface area contributed by atoms with E-state index >= 15 is 0 Å². The number of fused-ring (bicyclic) bond motifs is 5. The molecule has 0 aromatic rings. The number of aliphatic hydroxyl groups excluding tert-OH is 14. The molecule has 446 valence electrons. The molecule has 0 amide bonds. The average Bonchev–Trinajstić information content (AvgIpc) is 3.97. The van der Waals surface area contributed by atoms with Crippen LogP contribution in [0.2, 0.25) is 0 Å². The highest BCUT2D eigenvalue weighted by Crippen LogP contribution is 2.75. The number of rotatable bonds is 17. The molecule has 7 fully saturated rings. The predicted octanol–water partition coefficient (Wildman–Crippen LogP) is -2.20. The van der Waals surface area contributed by atoms with E-state index in [4.69, 9.17) is 37.9 Å². The lowest BCUT2D eigenvalue weighted by atomic mass is 9.39. The van der Waals surface area contributed by atoms with E-state index in [1.807, 2.05) is 0 Å². The molecule has 15 N–H and O–H groups in total. The normalized spacial score (nSPS) is 51.0. The topological polar surface area (TPSA) is 377 Å². The van der Waals surface area contributed by atoms with Crippen molar-refractivity contribution in [3.63, 3.8) is 0 Å². The number of hydrogen-bond donors (Lipinski definition) is 15. The van der Waals surface area contributed by atoms with Crippen LogP contribution in [0.5, 0.6) is 0 Å². The Morgan fingerprint density at radius 1 is 0.558 bits per heavy atom. The summed E-state index contributed by atoms with van der Waals surface area (Å²) in [5.74, 6) is 1.15. The van der Waals surface area contributed by atoms with Crippen molar-refractivity contribution in [1.29, 1.82) is 0 Å². The van der Waals surface area contributed by atoms with Crippen molar-refractivity contribution in [2.45, 2.75) is 254 Å². The van der Waals surface area contributed by atoms with E-state index in [9.17, 15) is 76.6 Å². The first-order chi connectivity index (χ1) is 36.0. The molecule has 77 heavy (non-hydrogen) atoms. The SMILES string of the molecule is C[C@H](CC[C@@H](O[C@@H]1O[C@H](CO[C@@H]2O[C@H](CO)[C@@H](O)[C@H](O)[C@H]2O)[C@@H](O)[C@H](O)[C@H]1O)C(C)(C)O)[C@H]1CC[C@@]2(C)[C@@H]3CC=C4[C@@H](CC[C@H](O[C@@H]5O[C@H](CO[C@@H]6O[C@H](CO)[C@@H](O)[C@H](O)[C@H]6O)[C@@H](O)[C@H](O)[C@H]5O)C4(C)C)[C@]3(C)CC[C@]12C. The van der Waals surface area contributed by atoms with Gasteiger partial charge in [0.15, 0.2) is 25.2 Å². The highest BCUT2D eigenvalue weighted by atomic mass is 16.7. The molecule has 8 rings (SSSR count). The van der Waals surface area contributed by atoms with E-state index in [1.54, 1.807) is 13.8 Å². The van der Waals surface area contributed by atoms with Crippen molar-refractivity contribution in [3.8, 4) is 0 Å². The van der Waals surface area contributed by atoms with E-state index in [-0.39, 0.29) is 28.1 Å². The molecule has 4 aliphatic carbocycles. The molecule has 4 aliphatic heterocycles. The number of ether oxygens (including phenoxy) is 8. The third-order valence-corrected chi connectivity index (χ3v) is 20.7. The van der Waals surface area contributed by atoms with Gasteiger partial charge in [0, 0.05) is 5.41 Å². The third kappa shape index (κ3) is 11.2. The Bertz CT molecular complexity index is 1990. The van der Waals surface area contributed by atoms with Crippen LogP contribution < -0.4 is 0 Å². The third-order valence-electron chi connectivity index (χ3n) is 20.7. The maximum absolute atomic E-state index is 11.5. The van der Waals surface area contributed by atoms with Gasteiger partial charge in [-0.3, -0.25) is 0 Å². The molecule has 8 aliphatic rings. The van der Waals surface area contributed by atoms with Gasteiger partial charge in [0.05, 0.1) is 44.2 Å². The van der Waals surface area contributed by atoms with Crippen molar-refractivity contribution in [3.05, 3.63) is 11.6 Å². The summed E-state index contributed by atoms with van der Waals surface area (Å²) < 4.78 is 47.0. The maximum atomic E-state index is 11.5. The Morgan fingerprint density at radius 2 is 1.03 bits per heavy atom. The number of aliphatic hydroxyl groups is 15. The van der Waals surface area contributed by atoms with Gasteiger partial charge in [-0.2, -0.15) is 0 Å². The Balaban J connectivity index is 0.894. The van der Waals surface area contributed by atoms with Crippen LogP contribution in [-0.4, -0.2) is 244 Å². The van der Waals surface area contributed by atoms with Crippen molar-refractivity contribution in [1.82, 2.24) is 0 Å². The minimum Gasteiger partial charge on any atom is -0.394 e. The monoisotopic (exact) mass is 1110 g/mol. The largest absolute Gasteiger partial charge is 0.394 e. The number of hydrogen-bond acceptors (Lipinski definition) is 23. The second-order valence-corrected chi connectivity index (χ2v) is 25.8. The molecule has 0 unspecified atom stereocenters. The molecule has 0 bridgehead atoms. The Morgan fingerprint density at radius 3 is 1.53 bits per heavy atom. The fourth-order valence-electron chi connectivity index (χ4n) is 15.5. The predicted molar refractivity (Wildman–Crippen MR) is 266 cm³/mol. The van der Waals surface area contributed by atoms with Crippen LogP contribution in [-0.2, 0) is 37.9 Å². The van der Waals surface area contributed by atoms with Gasteiger partial charge < -0.3 is 114 Å². The molecule has 0 aromatic carbocycles. The highest BCUT2D eigenvalue weighted by molar-refractivity contribution is 5.30. The molecule has 0 aromatic heterocycles. The molecule has 0 radical (unpaired) electrons. The van der Waals surface area contributed by atoms with Crippen molar-refractivity contribution < 1.29 is 114 Å². The molecule has 29 atom stereocenters. The van der Waals surface area contributed by atoms with E-state index in [2.05, 4.69) is 47.6 Å². The molecular weight excluding hydrogens is 1020 g/mol. The lowest BCUT2D eigenvalue weighted by Crippen LogP contribution is -2.63. The lowest BCUT2D eigenvalue weighted by molar-refractivity contribution is -0.341. The molecule has 3 saturated carbocycles. The van der Waals surface area contributed by atoms with Gasteiger partial charge in [0.2, 0.25) is 0 Å². The second-order valence-electron chi connectivity index (χ2n) is 25.8. The molecule has 23 heteroatoms. The summed E-state index contributed by atoms with van der Waals surface area (Å²) in [7, 11) is 0. The van der Waals surface area contributed by atoms with Gasteiger partial charge in [-0.15, -0.1) is 0 Å². The Labute approximate surface area is 450 Å².